The highest BCUT2D eigenvalue weighted by Gasteiger charge is 2.40. The number of hydrogen-bond donors (Lipinski definition) is 3. The highest BCUT2D eigenvalue weighted by atomic mass is 16.7. The topological polar surface area (TPSA) is 92.3 Å². The van der Waals surface area contributed by atoms with Crippen molar-refractivity contribution in [3.05, 3.63) is 95.1 Å². The Morgan fingerprint density at radius 2 is 1.74 bits per heavy atom. The number of benzene rings is 3. The number of likely N-dealkylation sites (tertiary alicyclic amines) is 1. The minimum Gasteiger partial charge on any atom is -0.392 e. The van der Waals surface area contributed by atoms with Gasteiger partial charge in [-0.1, -0.05) is 79.7 Å². The lowest BCUT2D eigenvalue weighted by molar-refractivity contribution is -0.276. The van der Waals surface area contributed by atoms with Crippen molar-refractivity contribution >= 4 is 6.03 Å². The summed E-state index contributed by atoms with van der Waals surface area (Å²) in [6.07, 6.45) is 1.61. The monoisotopic (exact) mass is 587 g/mol. The Morgan fingerprint density at radius 3 is 2.47 bits per heavy atom. The Kier molecular flexibility index (Phi) is 10.8. The van der Waals surface area contributed by atoms with E-state index in [0.717, 1.165) is 59.5 Å². The molecular weight excluding hydrogens is 542 g/mol. The second kappa shape index (κ2) is 14.9. The van der Waals surface area contributed by atoms with Gasteiger partial charge < -0.3 is 30.0 Å². The fraction of sp³-hybridized carbons (Fsp3) is 0.457. The highest BCUT2D eigenvalue weighted by Crippen LogP contribution is 2.42. The number of amides is 2. The van der Waals surface area contributed by atoms with Crippen LogP contribution in [0, 0.1) is 5.92 Å². The van der Waals surface area contributed by atoms with Gasteiger partial charge in [-0.2, -0.15) is 0 Å². The van der Waals surface area contributed by atoms with E-state index >= 15 is 0 Å². The number of methoxy groups -OCH3 is 1. The number of urea groups is 1. The van der Waals surface area contributed by atoms with E-state index < -0.39 is 6.29 Å². The van der Waals surface area contributed by atoms with Gasteiger partial charge in [0, 0.05) is 44.3 Å². The summed E-state index contributed by atoms with van der Waals surface area (Å²) < 4.78 is 18.9. The minimum atomic E-state index is -0.518. The van der Waals surface area contributed by atoms with Crippen LogP contribution in [0.1, 0.15) is 61.3 Å². The summed E-state index contributed by atoms with van der Waals surface area (Å²) in [6.45, 7) is 7.75. The van der Waals surface area contributed by atoms with Gasteiger partial charge in [-0.15, -0.1) is 0 Å². The molecule has 0 spiro atoms. The predicted octanol–water partition coefficient (Wildman–Crippen LogP) is 5.57. The van der Waals surface area contributed by atoms with Crippen LogP contribution < -0.4 is 10.6 Å². The van der Waals surface area contributed by atoms with Crippen LogP contribution >= 0.6 is 0 Å². The molecule has 2 aliphatic heterocycles. The molecule has 0 unspecified atom stereocenters. The van der Waals surface area contributed by atoms with E-state index in [2.05, 4.69) is 64.9 Å². The molecule has 0 bridgehead atoms. The standard InChI is InChI=1S/C35H45N3O5/c1-4-36-35(40)37-20-29-8-5-6-10-31(29)26-15-17-28(18-16-26)34-42-32(21-38-19-7-9-30(38)23-41-3)24(2)33(43-34)27-13-11-25(22-39)12-14-27/h5-6,8,10-18,24,30,32-34,39H,4,7,9,19-23H2,1-3H3,(H2,36,37,40)/t24-,30-,32+,33+,34+/m0/s1. The zero-order chi connectivity index (χ0) is 30.2. The Labute approximate surface area is 255 Å². The molecule has 43 heavy (non-hydrogen) atoms. The van der Waals surface area contributed by atoms with Gasteiger partial charge in [-0.05, 0) is 54.1 Å². The van der Waals surface area contributed by atoms with E-state index in [9.17, 15) is 9.90 Å². The number of aliphatic hydroxyl groups is 1. The van der Waals surface area contributed by atoms with E-state index in [4.69, 9.17) is 14.2 Å². The number of nitrogens with zero attached hydrogens (tertiary/aromatic N) is 1. The molecule has 0 aromatic heterocycles. The summed E-state index contributed by atoms with van der Waals surface area (Å²) in [7, 11) is 1.77. The van der Waals surface area contributed by atoms with Crippen molar-refractivity contribution < 1.29 is 24.1 Å². The fourth-order valence-corrected chi connectivity index (χ4v) is 6.25. The summed E-state index contributed by atoms with van der Waals surface area (Å²) in [6, 6.07) is 24.8. The van der Waals surface area contributed by atoms with Crippen molar-refractivity contribution in [3.8, 4) is 11.1 Å². The van der Waals surface area contributed by atoms with E-state index in [1.54, 1.807) is 7.11 Å². The summed E-state index contributed by atoms with van der Waals surface area (Å²) >= 11 is 0. The van der Waals surface area contributed by atoms with Gasteiger partial charge in [0.05, 0.1) is 25.4 Å². The average Bonchev–Trinajstić information content (AvgIpc) is 3.48. The second-order valence-electron chi connectivity index (χ2n) is 11.6. The molecule has 0 aliphatic carbocycles. The molecule has 5 rings (SSSR count). The van der Waals surface area contributed by atoms with Crippen molar-refractivity contribution in [2.45, 2.75) is 64.4 Å². The maximum atomic E-state index is 12.0. The van der Waals surface area contributed by atoms with Gasteiger partial charge in [0.15, 0.2) is 6.29 Å². The largest absolute Gasteiger partial charge is 0.392 e. The van der Waals surface area contributed by atoms with Crippen LogP contribution in [0.2, 0.25) is 0 Å². The number of aliphatic hydroxyl groups excluding tert-OH is 1. The maximum absolute atomic E-state index is 12.0. The first kappa shape index (κ1) is 31.2. The number of carbonyl (C=O) groups is 1. The molecule has 2 fully saturated rings. The van der Waals surface area contributed by atoms with Crippen molar-refractivity contribution in [2.75, 3.05) is 33.4 Å². The first-order chi connectivity index (χ1) is 21.0. The SMILES string of the molecule is CCNC(=O)NCc1ccccc1-c1ccc([C@@H]2O[C@H](CN3CCC[C@H]3COC)[C@H](C)[C@H](c3ccc(CO)cc3)O2)cc1. The summed E-state index contributed by atoms with van der Waals surface area (Å²) in [5.41, 5.74) is 6.11. The molecule has 2 saturated heterocycles. The Bertz CT molecular complexity index is 1320. The van der Waals surface area contributed by atoms with Gasteiger partial charge in [-0.3, -0.25) is 4.90 Å². The van der Waals surface area contributed by atoms with Crippen LogP contribution in [-0.2, 0) is 27.4 Å². The molecular formula is C35H45N3O5. The molecule has 8 nitrogen and oxygen atoms in total. The van der Waals surface area contributed by atoms with E-state index in [-0.39, 0.29) is 30.8 Å². The average molecular weight is 588 g/mol. The van der Waals surface area contributed by atoms with Gasteiger partial charge in [-0.25, -0.2) is 4.79 Å². The van der Waals surface area contributed by atoms with Crippen molar-refractivity contribution in [3.63, 3.8) is 0 Å². The van der Waals surface area contributed by atoms with Crippen molar-refractivity contribution in [2.24, 2.45) is 5.92 Å². The summed E-state index contributed by atoms with van der Waals surface area (Å²) in [4.78, 5) is 14.5. The number of carbonyl (C=O) groups excluding carboxylic acids is 1. The normalized spacial score (nSPS) is 24.1. The molecule has 2 amide bonds. The third kappa shape index (κ3) is 7.63. The molecule has 2 aliphatic rings. The molecule has 3 aromatic rings. The third-order valence-electron chi connectivity index (χ3n) is 8.68. The minimum absolute atomic E-state index is 0.0169. The zero-order valence-corrected chi connectivity index (χ0v) is 25.5. The number of rotatable bonds is 11. The zero-order valence-electron chi connectivity index (χ0n) is 25.5. The lowest BCUT2D eigenvalue weighted by Gasteiger charge is -2.43. The smallest absolute Gasteiger partial charge is 0.315 e. The third-order valence-corrected chi connectivity index (χ3v) is 8.68. The van der Waals surface area contributed by atoms with Gasteiger partial charge >= 0.3 is 6.03 Å². The molecule has 3 N–H and O–H groups in total. The van der Waals surface area contributed by atoms with Crippen LogP contribution in [0.15, 0.2) is 72.8 Å². The highest BCUT2D eigenvalue weighted by molar-refractivity contribution is 5.74. The lowest BCUT2D eigenvalue weighted by atomic mass is 9.89. The molecule has 5 atom stereocenters. The lowest BCUT2D eigenvalue weighted by Crippen LogP contribution is -2.46. The summed E-state index contributed by atoms with van der Waals surface area (Å²) in [5, 5.41) is 15.3. The maximum Gasteiger partial charge on any atom is 0.315 e. The molecule has 0 saturated carbocycles. The summed E-state index contributed by atoms with van der Waals surface area (Å²) in [5.74, 6) is 0.128. The quantitative estimate of drug-likeness (QED) is 0.272. The Balaban J connectivity index is 1.37. The first-order valence-corrected chi connectivity index (χ1v) is 15.4. The number of hydrogen-bond acceptors (Lipinski definition) is 6. The molecule has 8 heteroatoms. The van der Waals surface area contributed by atoms with Crippen LogP contribution in [0.3, 0.4) is 0 Å². The first-order valence-electron chi connectivity index (χ1n) is 15.4. The van der Waals surface area contributed by atoms with Crippen molar-refractivity contribution in [1.29, 1.82) is 0 Å². The van der Waals surface area contributed by atoms with E-state index in [0.29, 0.717) is 19.1 Å². The van der Waals surface area contributed by atoms with Gasteiger partial charge in [0.1, 0.15) is 0 Å². The van der Waals surface area contributed by atoms with E-state index in [1.165, 1.54) is 6.42 Å². The predicted molar refractivity (Wildman–Crippen MR) is 167 cm³/mol. The van der Waals surface area contributed by atoms with Gasteiger partial charge in [0.25, 0.3) is 0 Å². The fourth-order valence-electron chi connectivity index (χ4n) is 6.25. The Hall–Kier alpha value is -3.27. The molecule has 3 aromatic carbocycles. The molecule has 0 radical (unpaired) electrons. The molecule has 2 heterocycles. The number of ether oxygens (including phenoxy) is 3. The number of nitrogens with one attached hydrogen (secondary N) is 2. The van der Waals surface area contributed by atoms with Crippen LogP contribution in [0.4, 0.5) is 4.79 Å². The van der Waals surface area contributed by atoms with E-state index in [1.807, 2.05) is 37.3 Å². The van der Waals surface area contributed by atoms with Gasteiger partial charge in [0.2, 0.25) is 0 Å². The van der Waals surface area contributed by atoms with Crippen LogP contribution in [0.5, 0.6) is 0 Å². The second-order valence-corrected chi connectivity index (χ2v) is 11.6. The Morgan fingerprint density at radius 1 is 1.00 bits per heavy atom. The van der Waals surface area contributed by atoms with Crippen LogP contribution in [-0.4, -0.2) is 61.5 Å². The van der Waals surface area contributed by atoms with Crippen molar-refractivity contribution in [1.82, 2.24) is 15.5 Å². The molecule has 230 valence electrons. The van der Waals surface area contributed by atoms with Crippen LogP contribution in [0.25, 0.3) is 11.1 Å².